The number of anilines is 1. The van der Waals surface area contributed by atoms with E-state index in [-0.39, 0.29) is 24.5 Å². The predicted molar refractivity (Wildman–Crippen MR) is 150 cm³/mol. The molecule has 1 fully saturated rings. The van der Waals surface area contributed by atoms with E-state index in [9.17, 15) is 9.59 Å². The predicted octanol–water partition coefficient (Wildman–Crippen LogP) is 5.20. The van der Waals surface area contributed by atoms with E-state index < -0.39 is 0 Å². The lowest BCUT2D eigenvalue weighted by Gasteiger charge is -2.25. The highest BCUT2D eigenvalue weighted by Gasteiger charge is 2.26. The Kier molecular flexibility index (Phi) is 8.33. The molecular weight excluding hydrogens is 492 g/mol. The molecule has 1 aliphatic heterocycles. The number of rotatable bonds is 10. The van der Waals surface area contributed by atoms with Crippen LogP contribution in [-0.2, 0) is 9.53 Å². The molecule has 0 radical (unpaired) electrons. The number of carbonyl (C=O) groups is 2. The Bertz CT molecular complexity index is 1400. The molecule has 5 rings (SSSR count). The van der Waals surface area contributed by atoms with Crippen molar-refractivity contribution in [3.8, 4) is 22.7 Å². The summed E-state index contributed by atoms with van der Waals surface area (Å²) in [6, 6.07) is 26.4. The molecule has 8 nitrogen and oxygen atoms in total. The fraction of sp³-hybridized carbons (Fsp3) is 0.258. The fourth-order valence-corrected chi connectivity index (χ4v) is 4.66. The quantitative estimate of drug-likeness (QED) is 0.308. The first-order valence-electron chi connectivity index (χ1n) is 13.2. The maximum atomic E-state index is 13.4. The highest BCUT2D eigenvalue weighted by Crippen LogP contribution is 2.26. The molecule has 2 amide bonds. The Hall–Kier alpha value is -4.43. The van der Waals surface area contributed by atoms with Crippen LogP contribution in [0.4, 0.5) is 5.95 Å². The van der Waals surface area contributed by atoms with Crippen LogP contribution >= 0.6 is 0 Å². The molecule has 0 aliphatic carbocycles. The van der Waals surface area contributed by atoms with Crippen molar-refractivity contribution in [3.05, 3.63) is 96.7 Å². The molecule has 1 atom stereocenters. The molecule has 8 heteroatoms. The maximum Gasteiger partial charge on any atom is 0.254 e. The van der Waals surface area contributed by atoms with Crippen LogP contribution in [0.15, 0.2) is 91.1 Å². The molecule has 1 aliphatic rings. The minimum absolute atomic E-state index is 0.0848. The standard InChI is InChI=1S/C31H32N4O4/c1-2-38-26-16-9-15-25(19-26)35-21-28(23-11-5-3-6-12-23)32-31(35)33-29(36)22-34(20-27-17-10-18-39-27)30(37)24-13-7-4-8-14-24/h3-9,11-16,19,21,27H,2,10,17-18,20,22H2,1H3,(H,32,33,36). The third kappa shape index (κ3) is 6.53. The SMILES string of the molecule is CCOc1cccc(-n2cc(-c3ccccc3)nc2NC(=O)CN(CC2CCCO2)C(=O)c2ccccc2)c1. The molecular formula is C31H32N4O4. The van der Waals surface area contributed by atoms with Crippen LogP contribution in [0.1, 0.15) is 30.1 Å². The Morgan fingerprint density at radius 1 is 1.05 bits per heavy atom. The van der Waals surface area contributed by atoms with Gasteiger partial charge in [0.05, 0.1) is 24.1 Å². The summed E-state index contributed by atoms with van der Waals surface area (Å²) >= 11 is 0. The summed E-state index contributed by atoms with van der Waals surface area (Å²) in [4.78, 5) is 33.1. The van der Waals surface area contributed by atoms with Gasteiger partial charge in [0.15, 0.2) is 0 Å². The van der Waals surface area contributed by atoms with Crippen molar-refractivity contribution in [3.63, 3.8) is 0 Å². The van der Waals surface area contributed by atoms with E-state index >= 15 is 0 Å². The van der Waals surface area contributed by atoms with Gasteiger partial charge in [0.25, 0.3) is 5.91 Å². The first-order chi connectivity index (χ1) is 19.1. The highest BCUT2D eigenvalue weighted by atomic mass is 16.5. The third-order valence-corrected chi connectivity index (χ3v) is 6.52. The summed E-state index contributed by atoms with van der Waals surface area (Å²) in [5.41, 5.74) is 2.96. The van der Waals surface area contributed by atoms with Crippen LogP contribution in [0.25, 0.3) is 16.9 Å². The van der Waals surface area contributed by atoms with Gasteiger partial charge in [-0.2, -0.15) is 0 Å². The number of aromatic nitrogens is 2. The molecule has 200 valence electrons. The van der Waals surface area contributed by atoms with Gasteiger partial charge >= 0.3 is 0 Å². The number of hydrogen-bond donors (Lipinski definition) is 1. The van der Waals surface area contributed by atoms with Gasteiger partial charge in [0, 0.05) is 36.5 Å². The van der Waals surface area contributed by atoms with Crippen LogP contribution in [0.3, 0.4) is 0 Å². The average molecular weight is 525 g/mol. The zero-order valence-corrected chi connectivity index (χ0v) is 22.0. The number of hydrogen-bond acceptors (Lipinski definition) is 5. The summed E-state index contributed by atoms with van der Waals surface area (Å²) in [5, 5.41) is 2.95. The molecule has 3 aromatic carbocycles. The van der Waals surface area contributed by atoms with Crippen LogP contribution in [0, 0.1) is 0 Å². The van der Waals surface area contributed by atoms with E-state index in [2.05, 4.69) is 5.32 Å². The Morgan fingerprint density at radius 2 is 1.82 bits per heavy atom. The molecule has 1 N–H and O–H groups in total. The normalized spacial score (nSPS) is 14.6. The second-order valence-electron chi connectivity index (χ2n) is 9.35. The van der Waals surface area contributed by atoms with Crippen molar-refractivity contribution >= 4 is 17.8 Å². The molecule has 0 saturated carbocycles. The minimum atomic E-state index is -0.343. The van der Waals surface area contributed by atoms with Gasteiger partial charge in [-0.3, -0.25) is 19.5 Å². The largest absolute Gasteiger partial charge is 0.494 e. The lowest BCUT2D eigenvalue weighted by atomic mass is 10.1. The summed E-state index contributed by atoms with van der Waals surface area (Å²) < 4.78 is 13.3. The zero-order valence-electron chi connectivity index (χ0n) is 22.0. The van der Waals surface area contributed by atoms with Crippen LogP contribution < -0.4 is 10.1 Å². The van der Waals surface area contributed by atoms with Crippen LogP contribution in [0.5, 0.6) is 5.75 Å². The fourth-order valence-electron chi connectivity index (χ4n) is 4.66. The van der Waals surface area contributed by atoms with E-state index in [1.165, 1.54) is 0 Å². The molecule has 39 heavy (non-hydrogen) atoms. The second kappa shape index (κ2) is 12.4. The number of amides is 2. The van der Waals surface area contributed by atoms with E-state index in [1.807, 2.05) is 90.5 Å². The second-order valence-corrected chi connectivity index (χ2v) is 9.35. The number of nitrogens with zero attached hydrogens (tertiary/aromatic N) is 3. The van der Waals surface area contributed by atoms with Gasteiger partial charge in [-0.15, -0.1) is 0 Å². The summed E-state index contributed by atoms with van der Waals surface area (Å²) in [5.74, 6) is 0.527. The smallest absolute Gasteiger partial charge is 0.254 e. The first kappa shape index (κ1) is 26.2. The van der Waals surface area contributed by atoms with Gasteiger partial charge in [0.1, 0.15) is 12.3 Å². The third-order valence-electron chi connectivity index (χ3n) is 6.52. The number of imidazole rings is 1. The number of ether oxygens (including phenoxy) is 2. The maximum absolute atomic E-state index is 13.4. The number of benzene rings is 3. The van der Waals surface area contributed by atoms with E-state index in [1.54, 1.807) is 17.0 Å². The van der Waals surface area contributed by atoms with Crippen molar-refractivity contribution in [1.29, 1.82) is 0 Å². The monoisotopic (exact) mass is 524 g/mol. The molecule has 0 spiro atoms. The van der Waals surface area contributed by atoms with Crippen molar-refractivity contribution < 1.29 is 19.1 Å². The van der Waals surface area contributed by atoms with Gasteiger partial charge in [0.2, 0.25) is 11.9 Å². The summed E-state index contributed by atoms with van der Waals surface area (Å²) in [6.45, 7) is 3.37. The Morgan fingerprint density at radius 3 is 2.54 bits per heavy atom. The van der Waals surface area contributed by atoms with Gasteiger partial charge in [-0.05, 0) is 44.0 Å². The van der Waals surface area contributed by atoms with Gasteiger partial charge < -0.3 is 14.4 Å². The molecule has 2 heterocycles. The highest BCUT2D eigenvalue weighted by molar-refractivity contribution is 5.99. The van der Waals surface area contributed by atoms with Gasteiger partial charge in [-0.1, -0.05) is 54.6 Å². The molecule has 1 aromatic heterocycles. The van der Waals surface area contributed by atoms with E-state index in [4.69, 9.17) is 14.5 Å². The van der Waals surface area contributed by atoms with Crippen LogP contribution in [-0.4, -0.2) is 58.7 Å². The Balaban J connectivity index is 1.42. The lowest BCUT2D eigenvalue weighted by Crippen LogP contribution is -2.42. The lowest BCUT2D eigenvalue weighted by molar-refractivity contribution is -0.117. The summed E-state index contributed by atoms with van der Waals surface area (Å²) in [6.07, 6.45) is 3.61. The van der Waals surface area contributed by atoms with E-state index in [0.717, 1.165) is 29.8 Å². The van der Waals surface area contributed by atoms with Crippen molar-refractivity contribution in [1.82, 2.24) is 14.5 Å². The van der Waals surface area contributed by atoms with Gasteiger partial charge in [-0.25, -0.2) is 4.98 Å². The van der Waals surface area contributed by atoms with E-state index in [0.29, 0.717) is 37.0 Å². The van der Waals surface area contributed by atoms with Crippen molar-refractivity contribution in [2.45, 2.75) is 25.9 Å². The molecule has 0 bridgehead atoms. The Labute approximate surface area is 228 Å². The molecule has 4 aromatic rings. The number of nitrogens with one attached hydrogen (secondary N) is 1. The minimum Gasteiger partial charge on any atom is -0.494 e. The van der Waals surface area contributed by atoms with Crippen molar-refractivity contribution in [2.24, 2.45) is 0 Å². The zero-order chi connectivity index (χ0) is 27.0. The number of carbonyl (C=O) groups excluding carboxylic acids is 2. The average Bonchev–Trinajstić information content (AvgIpc) is 3.64. The molecule has 1 unspecified atom stereocenters. The van der Waals surface area contributed by atoms with Crippen molar-refractivity contribution in [2.75, 3.05) is 31.6 Å². The summed E-state index contributed by atoms with van der Waals surface area (Å²) in [7, 11) is 0. The first-order valence-corrected chi connectivity index (χ1v) is 13.2. The van der Waals surface area contributed by atoms with Crippen LogP contribution in [0.2, 0.25) is 0 Å². The molecule has 1 saturated heterocycles. The topological polar surface area (TPSA) is 85.7 Å².